The molecule has 0 bridgehead atoms. The first kappa shape index (κ1) is 16.3. The van der Waals surface area contributed by atoms with Crippen LogP contribution in [0.2, 0.25) is 0 Å². The second-order valence-electron chi connectivity index (χ2n) is 6.18. The van der Waals surface area contributed by atoms with Gasteiger partial charge in [-0.2, -0.15) is 0 Å². The summed E-state index contributed by atoms with van der Waals surface area (Å²) in [5.41, 5.74) is 2.06. The maximum Gasteiger partial charge on any atom is 0.238 e. The summed E-state index contributed by atoms with van der Waals surface area (Å²) in [6.45, 7) is 2.50. The summed E-state index contributed by atoms with van der Waals surface area (Å²) >= 11 is 5.77. The van der Waals surface area contributed by atoms with Crippen LogP contribution in [-0.2, 0) is 17.8 Å². The van der Waals surface area contributed by atoms with Crippen LogP contribution in [0, 0.1) is 0 Å². The summed E-state index contributed by atoms with van der Waals surface area (Å²) in [4.78, 5) is 14.0. The van der Waals surface area contributed by atoms with Gasteiger partial charge in [0.2, 0.25) is 5.91 Å². The number of halogens is 1. The van der Waals surface area contributed by atoms with Crippen molar-refractivity contribution in [1.29, 1.82) is 0 Å². The SMILES string of the molecule is CCc1cccc2cc(CN(C(=O)CCl)[C@@H]3CC[C@@H](O)C3)oc12. The van der Waals surface area contributed by atoms with Crippen LogP contribution in [0.25, 0.3) is 11.0 Å². The fourth-order valence-electron chi connectivity index (χ4n) is 3.42. The van der Waals surface area contributed by atoms with Gasteiger partial charge in [-0.05, 0) is 37.3 Å². The number of aliphatic hydroxyl groups excluding tert-OH is 1. The number of aryl methyl sites for hydroxylation is 1. The lowest BCUT2D eigenvalue weighted by Crippen LogP contribution is -2.39. The molecule has 1 aromatic heterocycles. The second kappa shape index (κ2) is 6.93. The first-order chi connectivity index (χ1) is 11.1. The number of para-hydroxylation sites is 1. The number of carbonyl (C=O) groups is 1. The van der Waals surface area contributed by atoms with Crippen molar-refractivity contribution < 1.29 is 14.3 Å². The van der Waals surface area contributed by atoms with E-state index >= 15 is 0 Å². The Morgan fingerprint density at radius 1 is 1.43 bits per heavy atom. The molecule has 1 aliphatic carbocycles. The smallest absolute Gasteiger partial charge is 0.238 e. The van der Waals surface area contributed by atoms with Gasteiger partial charge in [-0.3, -0.25) is 4.79 Å². The van der Waals surface area contributed by atoms with Crippen molar-refractivity contribution in [3.8, 4) is 0 Å². The molecular formula is C18H22ClNO3. The first-order valence-corrected chi connectivity index (χ1v) is 8.69. The zero-order valence-corrected chi connectivity index (χ0v) is 14.1. The summed E-state index contributed by atoms with van der Waals surface area (Å²) in [6, 6.07) is 8.14. The van der Waals surface area contributed by atoms with Gasteiger partial charge in [0.15, 0.2) is 0 Å². The lowest BCUT2D eigenvalue weighted by Gasteiger charge is -2.27. The lowest BCUT2D eigenvalue weighted by molar-refractivity contribution is -0.131. The van der Waals surface area contributed by atoms with E-state index in [1.165, 1.54) is 5.56 Å². The zero-order valence-electron chi connectivity index (χ0n) is 13.3. The third-order valence-electron chi connectivity index (χ3n) is 4.64. The van der Waals surface area contributed by atoms with Crippen molar-refractivity contribution in [3.05, 3.63) is 35.6 Å². The van der Waals surface area contributed by atoms with Crippen LogP contribution >= 0.6 is 11.6 Å². The van der Waals surface area contributed by atoms with Crippen LogP contribution in [0.4, 0.5) is 0 Å². The summed E-state index contributed by atoms with van der Waals surface area (Å²) in [6.07, 6.45) is 2.74. The molecule has 2 atom stereocenters. The summed E-state index contributed by atoms with van der Waals surface area (Å²) < 4.78 is 6.00. The Bertz CT molecular complexity index is 697. The number of fused-ring (bicyclic) bond motifs is 1. The molecule has 1 aliphatic rings. The Labute approximate surface area is 141 Å². The van der Waals surface area contributed by atoms with Gasteiger partial charge in [0.25, 0.3) is 0 Å². The number of amides is 1. The molecule has 4 nitrogen and oxygen atoms in total. The number of nitrogens with zero attached hydrogens (tertiary/aromatic N) is 1. The van der Waals surface area contributed by atoms with E-state index in [1.807, 2.05) is 18.2 Å². The average Bonchev–Trinajstić information content (AvgIpc) is 3.17. The Balaban J connectivity index is 1.86. The van der Waals surface area contributed by atoms with Gasteiger partial charge in [-0.25, -0.2) is 0 Å². The van der Waals surface area contributed by atoms with E-state index in [2.05, 4.69) is 13.0 Å². The molecule has 1 saturated carbocycles. The van der Waals surface area contributed by atoms with Crippen molar-refractivity contribution in [2.24, 2.45) is 0 Å². The number of alkyl halides is 1. The van der Waals surface area contributed by atoms with Crippen molar-refractivity contribution in [1.82, 2.24) is 4.90 Å². The fourth-order valence-corrected chi connectivity index (χ4v) is 3.57. The Morgan fingerprint density at radius 3 is 2.91 bits per heavy atom. The molecule has 2 aromatic rings. The molecule has 0 unspecified atom stereocenters. The zero-order chi connectivity index (χ0) is 16.4. The van der Waals surface area contributed by atoms with Crippen LogP contribution in [0.1, 0.15) is 37.5 Å². The summed E-state index contributed by atoms with van der Waals surface area (Å²) in [5, 5.41) is 10.8. The quantitative estimate of drug-likeness (QED) is 0.851. The molecule has 5 heteroatoms. The third-order valence-corrected chi connectivity index (χ3v) is 4.87. The fraction of sp³-hybridized carbons (Fsp3) is 0.500. The van der Waals surface area contributed by atoms with Crippen molar-refractivity contribution in [3.63, 3.8) is 0 Å². The molecule has 0 spiro atoms. The van der Waals surface area contributed by atoms with Gasteiger partial charge < -0.3 is 14.4 Å². The lowest BCUT2D eigenvalue weighted by atomic mass is 10.1. The summed E-state index contributed by atoms with van der Waals surface area (Å²) in [7, 11) is 0. The molecule has 0 radical (unpaired) electrons. The monoisotopic (exact) mass is 335 g/mol. The van der Waals surface area contributed by atoms with Crippen molar-refractivity contribution in [2.75, 3.05) is 5.88 Å². The molecule has 1 heterocycles. The minimum absolute atomic E-state index is 0.0371. The highest BCUT2D eigenvalue weighted by molar-refractivity contribution is 6.27. The van der Waals surface area contributed by atoms with Crippen LogP contribution < -0.4 is 0 Å². The minimum Gasteiger partial charge on any atom is -0.459 e. The van der Waals surface area contributed by atoms with Crippen LogP contribution in [0.3, 0.4) is 0 Å². The predicted octanol–water partition coefficient (Wildman–Crippen LogP) is 3.48. The Morgan fingerprint density at radius 2 is 2.26 bits per heavy atom. The van der Waals surface area contributed by atoms with Crippen molar-refractivity contribution in [2.45, 2.75) is 51.3 Å². The summed E-state index contributed by atoms with van der Waals surface area (Å²) in [5.74, 6) is 0.607. The van der Waals surface area contributed by atoms with Crippen LogP contribution in [-0.4, -0.2) is 33.9 Å². The molecule has 1 amide bonds. The molecule has 1 fully saturated rings. The predicted molar refractivity (Wildman–Crippen MR) is 90.5 cm³/mol. The highest BCUT2D eigenvalue weighted by Crippen LogP contribution is 2.29. The maximum absolute atomic E-state index is 12.2. The molecule has 124 valence electrons. The van der Waals surface area contributed by atoms with Crippen LogP contribution in [0.5, 0.6) is 0 Å². The van der Waals surface area contributed by atoms with E-state index in [4.69, 9.17) is 16.0 Å². The number of hydrogen-bond acceptors (Lipinski definition) is 3. The van der Waals surface area contributed by atoms with E-state index in [-0.39, 0.29) is 23.9 Å². The Kier molecular flexibility index (Phi) is 4.93. The molecule has 1 aromatic carbocycles. The molecule has 0 saturated heterocycles. The number of aliphatic hydroxyl groups is 1. The largest absolute Gasteiger partial charge is 0.459 e. The van der Waals surface area contributed by atoms with Gasteiger partial charge >= 0.3 is 0 Å². The third kappa shape index (κ3) is 3.38. The molecule has 1 N–H and O–H groups in total. The molecule has 3 rings (SSSR count). The van der Waals surface area contributed by atoms with Gasteiger partial charge in [0, 0.05) is 11.4 Å². The topological polar surface area (TPSA) is 53.7 Å². The van der Waals surface area contributed by atoms with Gasteiger partial charge in [-0.15, -0.1) is 11.6 Å². The standard InChI is InChI=1S/C18H22ClNO3/c1-2-12-4-3-5-13-8-16(23-18(12)13)11-20(17(22)10-19)14-6-7-15(21)9-14/h3-5,8,14-15,21H,2,6-7,9-11H2,1H3/t14-,15-/m1/s1. The minimum atomic E-state index is -0.326. The normalized spacial score (nSPS) is 21.0. The van der Waals surface area contributed by atoms with Crippen LogP contribution in [0.15, 0.2) is 28.7 Å². The average molecular weight is 336 g/mol. The van der Waals surface area contributed by atoms with Gasteiger partial charge in [0.05, 0.1) is 12.6 Å². The maximum atomic E-state index is 12.2. The Hall–Kier alpha value is -1.52. The molecule has 0 aliphatic heterocycles. The molecule has 23 heavy (non-hydrogen) atoms. The second-order valence-corrected chi connectivity index (χ2v) is 6.44. The first-order valence-electron chi connectivity index (χ1n) is 8.16. The molecular weight excluding hydrogens is 314 g/mol. The van der Waals surface area contributed by atoms with E-state index in [0.29, 0.717) is 13.0 Å². The number of rotatable bonds is 5. The van der Waals surface area contributed by atoms with E-state index in [1.54, 1.807) is 4.90 Å². The number of carbonyl (C=O) groups excluding carboxylic acids is 1. The van der Waals surface area contributed by atoms with E-state index in [0.717, 1.165) is 36.0 Å². The highest BCUT2D eigenvalue weighted by atomic mass is 35.5. The van der Waals surface area contributed by atoms with E-state index in [9.17, 15) is 9.90 Å². The number of hydrogen-bond donors (Lipinski definition) is 1. The van der Waals surface area contributed by atoms with Gasteiger partial charge in [-0.1, -0.05) is 25.1 Å². The van der Waals surface area contributed by atoms with E-state index < -0.39 is 0 Å². The van der Waals surface area contributed by atoms with Gasteiger partial charge in [0.1, 0.15) is 17.2 Å². The highest BCUT2D eigenvalue weighted by Gasteiger charge is 2.31. The number of furan rings is 1. The van der Waals surface area contributed by atoms with Crippen molar-refractivity contribution >= 4 is 28.5 Å². The number of benzene rings is 1.